The number of fused-ring (bicyclic) bond motifs is 1. The number of ether oxygens (including phenoxy) is 2. The maximum Gasteiger partial charge on any atom is 0.204 e. The van der Waals surface area contributed by atoms with E-state index in [1.165, 1.54) is 25.5 Å². The van der Waals surface area contributed by atoms with Crippen molar-refractivity contribution in [3.63, 3.8) is 0 Å². The second-order valence-electron chi connectivity index (χ2n) is 7.37. The first kappa shape index (κ1) is 18.2. The quantitative estimate of drug-likeness (QED) is 0.592. The number of benzene rings is 2. The van der Waals surface area contributed by atoms with Gasteiger partial charge in [0.2, 0.25) is 5.43 Å². The third-order valence-electron chi connectivity index (χ3n) is 5.15. The van der Waals surface area contributed by atoms with E-state index in [2.05, 4.69) is 0 Å². The second kappa shape index (κ2) is 6.17. The standard InChI is InChI=1S/C21H20O7/c1-21(2)17(28-21)7-12-15(26-3)8-16-18(19(12)24)20(25)13(9-27-16)11-5-4-10(22)6-14(11)23/h4-6,8-9,17,22-24H,7H2,1-3H3. The average Bonchev–Trinajstić information content (AvgIpc) is 3.24. The van der Waals surface area contributed by atoms with Gasteiger partial charge >= 0.3 is 0 Å². The maximum absolute atomic E-state index is 13.1. The minimum Gasteiger partial charge on any atom is -0.508 e. The summed E-state index contributed by atoms with van der Waals surface area (Å²) in [5.41, 5.74) is 0.0958. The van der Waals surface area contributed by atoms with Gasteiger partial charge in [-0.25, -0.2) is 0 Å². The van der Waals surface area contributed by atoms with Crippen molar-refractivity contribution in [2.75, 3.05) is 7.11 Å². The number of phenols is 3. The molecule has 4 rings (SSSR count). The largest absolute Gasteiger partial charge is 0.508 e. The molecule has 1 aromatic heterocycles. The van der Waals surface area contributed by atoms with Crippen LogP contribution >= 0.6 is 0 Å². The molecule has 0 bridgehead atoms. The normalized spacial score (nSPS) is 17.6. The number of phenolic OH excluding ortho intramolecular Hbond substituents is 3. The van der Waals surface area contributed by atoms with E-state index in [0.29, 0.717) is 17.7 Å². The van der Waals surface area contributed by atoms with Crippen molar-refractivity contribution < 1.29 is 29.2 Å². The van der Waals surface area contributed by atoms with Crippen molar-refractivity contribution in [3.8, 4) is 34.1 Å². The Labute approximate surface area is 160 Å². The Bertz CT molecular complexity index is 1140. The van der Waals surface area contributed by atoms with Gasteiger partial charge in [0.25, 0.3) is 0 Å². The highest BCUT2D eigenvalue weighted by Gasteiger charge is 2.48. The van der Waals surface area contributed by atoms with Crippen LogP contribution in [0.5, 0.6) is 23.0 Å². The Morgan fingerprint density at radius 2 is 1.86 bits per heavy atom. The lowest BCUT2D eigenvalue weighted by Crippen LogP contribution is -2.10. The first-order valence-electron chi connectivity index (χ1n) is 8.77. The zero-order valence-corrected chi connectivity index (χ0v) is 15.6. The lowest BCUT2D eigenvalue weighted by molar-refractivity contribution is 0.321. The number of epoxide rings is 1. The van der Waals surface area contributed by atoms with Crippen LogP contribution in [0.25, 0.3) is 22.1 Å². The maximum atomic E-state index is 13.1. The topological polar surface area (TPSA) is 113 Å². The Morgan fingerprint density at radius 3 is 2.46 bits per heavy atom. The van der Waals surface area contributed by atoms with Gasteiger partial charge in [0, 0.05) is 29.7 Å². The lowest BCUT2D eigenvalue weighted by atomic mass is 9.97. The van der Waals surface area contributed by atoms with Crippen molar-refractivity contribution >= 4 is 11.0 Å². The highest BCUT2D eigenvalue weighted by atomic mass is 16.6. The van der Waals surface area contributed by atoms with Crippen LogP contribution in [0.3, 0.4) is 0 Å². The summed E-state index contributed by atoms with van der Waals surface area (Å²) in [6, 6.07) is 5.45. The summed E-state index contributed by atoms with van der Waals surface area (Å²) < 4.78 is 16.5. The van der Waals surface area contributed by atoms with E-state index in [0.717, 1.165) is 6.07 Å². The predicted molar refractivity (Wildman–Crippen MR) is 102 cm³/mol. The van der Waals surface area contributed by atoms with Gasteiger partial charge in [-0.15, -0.1) is 0 Å². The molecule has 1 unspecified atom stereocenters. The Balaban J connectivity index is 1.92. The lowest BCUT2D eigenvalue weighted by Gasteiger charge is -2.13. The molecule has 1 atom stereocenters. The highest BCUT2D eigenvalue weighted by molar-refractivity contribution is 5.90. The van der Waals surface area contributed by atoms with Crippen LogP contribution in [0, 0.1) is 0 Å². The van der Waals surface area contributed by atoms with Gasteiger partial charge in [-0.2, -0.15) is 0 Å². The summed E-state index contributed by atoms with van der Waals surface area (Å²) in [4.78, 5) is 13.1. The fourth-order valence-corrected chi connectivity index (χ4v) is 3.40. The summed E-state index contributed by atoms with van der Waals surface area (Å²) >= 11 is 0. The van der Waals surface area contributed by atoms with Gasteiger partial charge < -0.3 is 29.2 Å². The van der Waals surface area contributed by atoms with Gasteiger partial charge in [0.05, 0.1) is 24.4 Å². The first-order chi connectivity index (χ1) is 13.2. The highest BCUT2D eigenvalue weighted by Crippen LogP contribution is 2.43. The summed E-state index contributed by atoms with van der Waals surface area (Å²) in [7, 11) is 1.48. The van der Waals surface area contributed by atoms with Gasteiger partial charge in [-0.1, -0.05) is 0 Å². The van der Waals surface area contributed by atoms with E-state index in [1.54, 1.807) is 6.07 Å². The molecule has 0 saturated carbocycles. The van der Waals surface area contributed by atoms with Crippen LogP contribution in [-0.4, -0.2) is 34.1 Å². The molecular weight excluding hydrogens is 364 g/mol. The van der Waals surface area contributed by atoms with Crippen LogP contribution < -0.4 is 10.2 Å². The Kier molecular flexibility index (Phi) is 4.01. The van der Waals surface area contributed by atoms with E-state index >= 15 is 0 Å². The molecule has 1 fully saturated rings. The molecule has 28 heavy (non-hydrogen) atoms. The molecule has 146 valence electrons. The molecule has 3 aromatic rings. The van der Waals surface area contributed by atoms with E-state index < -0.39 is 5.43 Å². The molecule has 1 aliphatic rings. The van der Waals surface area contributed by atoms with Crippen LogP contribution in [0.1, 0.15) is 19.4 Å². The zero-order chi connectivity index (χ0) is 20.2. The summed E-state index contributed by atoms with van der Waals surface area (Å²) in [6.45, 7) is 3.89. The van der Waals surface area contributed by atoms with E-state index in [1.807, 2.05) is 13.8 Å². The Morgan fingerprint density at radius 1 is 1.14 bits per heavy atom. The SMILES string of the molecule is COc1cc2occ(-c3ccc(O)cc3O)c(=O)c2c(O)c1CC1OC1(C)C. The van der Waals surface area contributed by atoms with Crippen molar-refractivity contribution in [1.29, 1.82) is 0 Å². The van der Waals surface area contributed by atoms with Crippen LogP contribution in [-0.2, 0) is 11.2 Å². The Hall–Kier alpha value is -3.19. The molecule has 0 aliphatic carbocycles. The van der Waals surface area contributed by atoms with E-state index in [4.69, 9.17) is 13.9 Å². The van der Waals surface area contributed by atoms with Crippen molar-refractivity contribution in [3.05, 3.63) is 46.3 Å². The number of hydrogen-bond donors (Lipinski definition) is 3. The minimum absolute atomic E-state index is 0.000712. The number of rotatable bonds is 4. The smallest absolute Gasteiger partial charge is 0.204 e. The molecule has 2 aromatic carbocycles. The predicted octanol–water partition coefficient (Wildman–Crippen LogP) is 3.31. The number of hydrogen-bond acceptors (Lipinski definition) is 7. The first-order valence-corrected chi connectivity index (χ1v) is 8.77. The van der Waals surface area contributed by atoms with Crippen LogP contribution in [0.2, 0.25) is 0 Å². The molecule has 0 radical (unpaired) electrons. The second-order valence-corrected chi connectivity index (χ2v) is 7.37. The van der Waals surface area contributed by atoms with Gasteiger partial charge in [0.1, 0.15) is 40.2 Å². The third-order valence-corrected chi connectivity index (χ3v) is 5.15. The van der Waals surface area contributed by atoms with Gasteiger partial charge in [0.15, 0.2) is 0 Å². The fraction of sp³-hybridized carbons (Fsp3) is 0.286. The van der Waals surface area contributed by atoms with Crippen molar-refractivity contribution in [1.82, 2.24) is 0 Å². The molecule has 7 heteroatoms. The monoisotopic (exact) mass is 384 g/mol. The molecule has 3 N–H and O–H groups in total. The summed E-state index contributed by atoms with van der Waals surface area (Å²) in [6.07, 6.45) is 1.50. The number of aromatic hydroxyl groups is 3. The fourth-order valence-electron chi connectivity index (χ4n) is 3.40. The molecule has 7 nitrogen and oxygen atoms in total. The van der Waals surface area contributed by atoms with Crippen molar-refractivity contribution in [2.45, 2.75) is 32.0 Å². The van der Waals surface area contributed by atoms with Gasteiger partial charge in [-0.3, -0.25) is 4.79 Å². The van der Waals surface area contributed by atoms with E-state index in [-0.39, 0.29) is 51.0 Å². The average molecular weight is 384 g/mol. The number of methoxy groups -OCH3 is 1. The van der Waals surface area contributed by atoms with Crippen molar-refractivity contribution in [2.24, 2.45) is 0 Å². The van der Waals surface area contributed by atoms with Crippen LogP contribution in [0.15, 0.2) is 39.7 Å². The molecule has 2 heterocycles. The molecule has 0 spiro atoms. The molecule has 0 amide bonds. The zero-order valence-electron chi connectivity index (χ0n) is 15.6. The summed E-state index contributed by atoms with van der Waals surface area (Å²) in [5, 5.41) is 30.4. The van der Waals surface area contributed by atoms with E-state index in [9.17, 15) is 20.1 Å². The molecule has 1 aliphatic heterocycles. The third kappa shape index (κ3) is 2.84. The molecular formula is C21H20O7. The minimum atomic E-state index is -0.500. The van der Waals surface area contributed by atoms with Gasteiger partial charge in [-0.05, 0) is 26.0 Å². The summed E-state index contributed by atoms with van der Waals surface area (Å²) in [5.74, 6) is -0.226. The van der Waals surface area contributed by atoms with Crippen LogP contribution in [0.4, 0.5) is 0 Å². The molecule has 1 saturated heterocycles.